The minimum Gasteiger partial charge on any atom is -0.481 e. The molecule has 0 saturated heterocycles. The Hall–Kier alpha value is -2.52. The lowest BCUT2D eigenvalue weighted by molar-refractivity contribution is -0.149. The zero-order valence-electron chi connectivity index (χ0n) is 27.9. The summed E-state index contributed by atoms with van der Waals surface area (Å²) in [5, 5.41) is 13.2. The summed E-state index contributed by atoms with van der Waals surface area (Å²) in [6.45, 7) is 15.4. The molecule has 0 aliphatic carbocycles. The van der Waals surface area contributed by atoms with Gasteiger partial charge < -0.3 is 30.0 Å². The molecule has 0 aromatic rings. The maximum Gasteiger partial charge on any atom is 0.407 e. The molecule has 0 bridgehead atoms. The van der Waals surface area contributed by atoms with E-state index in [9.17, 15) is 19.2 Å². The van der Waals surface area contributed by atoms with Gasteiger partial charge in [-0.05, 0) is 67.2 Å². The number of ether oxygens (including phenoxy) is 3. The van der Waals surface area contributed by atoms with Gasteiger partial charge in [0.25, 0.3) is 0 Å². The second kappa shape index (κ2) is 25.0. The number of esters is 1. The van der Waals surface area contributed by atoms with Crippen LogP contribution in [0.3, 0.4) is 0 Å². The van der Waals surface area contributed by atoms with Crippen LogP contribution in [0.2, 0.25) is 0 Å². The molecule has 0 aromatic carbocycles. The second-order valence-corrected chi connectivity index (χ2v) is 12.6. The zero-order valence-corrected chi connectivity index (χ0v) is 27.9. The second-order valence-electron chi connectivity index (χ2n) is 12.6. The van der Waals surface area contributed by atoms with Crippen LogP contribution in [0, 0.1) is 0 Å². The maximum absolute atomic E-state index is 12.2. The van der Waals surface area contributed by atoms with E-state index in [1.807, 2.05) is 20.8 Å². The van der Waals surface area contributed by atoms with Crippen LogP contribution in [0.4, 0.5) is 9.59 Å². The van der Waals surface area contributed by atoms with Crippen LogP contribution in [-0.2, 0) is 23.8 Å². The highest BCUT2D eigenvalue weighted by Crippen LogP contribution is 2.17. The summed E-state index contributed by atoms with van der Waals surface area (Å²) in [6, 6.07) is 0. The highest BCUT2D eigenvalue weighted by molar-refractivity contribution is 5.72. The third-order valence-corrected chi connectivity index (χ3v) is 5.81. The van der Waals surface area contributed by atoms with Crippen molar-refractivity contribution in [3.8, 4) is 0 Å². The average molecular weight is 603 g/mol. The lowest BCUT2D eigenvalue weighted by atomic mass is 10.0. The van der Waals surface area contributed by atoms with Crippen molar-refractivity contribution < 1.29 is 38.5 Å². The van der Waals surface area contributed by atoms with E-state index >= 15 is 0 Å². The van der Waals surface area contributed by atoms with Crippen molar-refractivity contribution in [1.82, 2.24) is 10.6 Å². The Kier molecular flexibility index (Phi) is 24.8. The molecule has 248 valence electrons. The van der Waals surface area contributed by atoms with E-state index in [1.54, 1.807) is 20.8 Å². The molecule has 42 heavy (non-hydrogen) atoms. The number of hydrogen-bond acceptors (Lipinski definition) is 7. The Morgan fingerprint density at radius 3 is 1.38 bits per heavy atom. The van der Waals surface area contributed by atoms with Gasteiger partial charge in [-0.1, -0.05) is 71.6 Å². The molecule has 0 aromatic heterocycles. The Labute approximate surface area is 255 Å². The minimum atomic E-state index is -0.948. The minimum absolute atomic E-state index is 0.0110. The van der Waals surface area contributed by atoms with Gasteiger partial charge in [0, 0.05) is 13.1 Å². The average Bonchev–Trinajstić information content (AvgIpc) is 2.83. The third-order valence-electron chi connectivity index (χ3n) is 5.81. The van der Waals surface area contributed by atoms with Gasteiger partial charge in [0.1, 0.15) is 17.3 Å². The SMILES string of the molecule is CC(C)(C)OC(=O)NCCC(=O)O.CCCCCCCCC(CCCCCCC)OC(=O)CCNC(=O)OC(C)(C)C. The fourth-order valence-electron chi connectivity index (χ4n) is 3.80. The maximum atomic E-state index is 12.2. The predicted molar refractivity (Wildman–Crippen MR) is 167 cm³/mol. The van der Waals surface area contributed by atoms with Crippen LogP contribution >= 0.6 is 0 Å². The Bertz CT molecular complexity index is 729. The van der Waals surface area contributed by atoms with Crippen molar-refractivity contribution in [3.05, 3.63) is 0 Å². The molecule has 0 spiro atoms. The highest BCUT2D eigenvalue weighted by Gasteiger charge is 2.18. The quantitative estimate of drug-likeness (QED) is 0.0725. The number of amides is 2. The molecular formula is C32H62N2O8. The number of unbranched alkanes of at least 4 members (excludes halogenated alkanes) is 9. The number of nitrogens with one attached hydrogen (secondary N) is 2. The van der Waals surface area contributed by atoms with E-state index in [0.717, 1.165) is 25.7 Å². The summed E-state index contributed by atoms with van der Waals surface area (Å²) in [5.41, 5.74) is -1.09. The first-order valence-electron chi connectivity index (χ1n) is 15.9. The summed E-state index contributed by atoms with van der Waals surface area (Å²) in [6.07, 6.45) is 14.5. The first-order chi connectivity index (χ1) is 19.6. The smallest absolute Gasteiger partial charge is 0.407 e. The highest BCUT2D eigenvalue weighted by atomic mass is 16.6. The molecule has 0 heterocycles. The van der Waals surface area contributed by atoms with Crippen LogP contribution in [0.1, 0.15) is 152 Å². The Morgan fingerprint density at radius 2 is 1.00 bits per heavy atom. The third kappa shape index (κ3) is 33.7. The fourth-order valence-corrected chi connectivity index (χ4v) is 3.80. The summed E-state index contributed by atoms with van der Waals surface area (Å²) < 4.78 is 15.8. The molecule has 0 rings (SSSR count). The van der Waals surface area contributed by atoms with Crippen molar-refractivity contribution in [1.29, 1.82) is 0 Å². The Morgan fingerprint density at radius 1 is 0.619 bits per heavy atom. The number of carboxylic acids is 1. The number of carbonyl (C=O) groups is 4. The normalized spacial score (nSPS) is 11.9. The molecule has 1 atom stereocenters. The van der Waals surface area contributed by atoms with Crippen LogP contribution in [0.25, 0.3) is 0 Å². The van der Waals surface area contributed by atoms with Gasteiger partial charge >= 0.3 is 24.1 Å². The van der Waals surface area contributed by atoms with Gasteiger partial charge in [-0.3, -0.25) is 9.59 Å². The summed E-state index contributed by atoms with van der Waals surface area (Å²) in [5.74, 6) is -1.18. The van der Waals surface area contributed by atoms with Crippen LogP contribution in [0.5, 0.6) is 0 Å². The van der Waals surface area contributed by atoms with Crippen molar-refractivity contribution in [2.24, 2.45) is 0 Å². The van der Waals surface area contributed by atoms with Gasteiger partial charge in [0.15, 0.2) is 0 Å². The van der Waals surface area contributed by atoms with Crippen LogP contribution in [0.15, 0.2) is 0 Å². The molecule has 0 fully saturated rings. The first kappa shape index (κ1) is 41.6. The summed E-state index contributed by atoms with van der Waals surface area (Å²) in [7, 11) is 0. The van der Waals surface area contributed by atoms with Gasteiger partial charge in [0.2, 0.25) is 0 Å². The topological polar surface area (TPSA) is 140 Å². The van der Waals surface area contributed by atoms with Crippen molar-refractivity contribution >= 4 is 24.1 Å². The van der Waals surface area contributed by atoms with Crippen LogP contribution in [-0.4, -0.2) is 59.6 Å². The molecule has 0 aliphatic heterocycles. The van der Waals surface area contributed by atoms with Crippen LogP contribution < -0.4 is 10.6 Å². The van der Waals surface area contributed by atoms with E-state index in [0.29, 0.717) is 0 Å². The van der Waals surface area contributed by atoms with Gasteiger partial charge in [0.05, 0.1) is 12.8 Å². The van der Waals surface area contributed by atoms with Crippen molar-refractivity contribution in [2.45, 2.75) is 169 Å². The molecule has 0 aliphatic rings. The summed E-state index contributed by atoms with van der Waals surface area (Å²) >= 11 is 0. The van der Waals surface area contributed by atoms with Crippen molar-refractivity contribution in [3.63, 3.8) is 0 Å². The molecule has 1 unspecified atom stereocenters. The number of carbonyl (C=O) groups excluding carboxylic acids is 3. The monoisotopic (exact) mass is 602 g/mol. The zero-order chi connectivity index (χ0) is 32.4. The summed E-state index contributed by atoms with van der Waals surface area (Å²) in [4.78, 5) is 44.9. The number of alkyl carbamates (subject to hydrolysis) is 2. The standard InChI is InChI=1S/C24H47NO4.C8H15NO4/c1-6-8-10-12-14-16-18-21(17-15-13-11-9-7-2)28-22(26)19-20-25-23(27)29-24(3,4)5;1-8(2,3)13-7(12)9-5-4-6(10)11/h21H,6-20H2,1-5H3,(H,25,27);4-5H2,1-3H3,(H,9,12)(H,10,11). The number of rotatable bonds is 20. The van der Waals surface area contributed by atoms with Crippen molar-refractivity contribution in [2.75, 3.05) is 13.1 Å². The number of carboxylic acid groups (broad SMARTS) is 1. The molecule has 2 amide bonds. The largest absolute Gasteiger partial charge is 0.481 e. The fraction of sp³-hybridized carbons (Fsp3) is 0.875. The molecule has 3 N–H and O–H groups in total. The molecule has 10 nitrogen and oxygen atoms in total. The molecule has 0 radical (unpaired) electrons. The van der Waals surface area contributed by atoms with E-state index in [4.69, 9.17) is 19.3 Å². The van der Waals surface area contributed by atoms with Gasteiger partial charge in [-0.2, -0.15) is 0 Å². The first-order valence-corrected chi connectivity index (χ1v) is 15.9. The van der Waals surface area contributed by atoms with E-state index in [1.165, 1.54) is 57.8 Å². The van der Waals surface area contributed by atoms with E-state index in [-0.39, 0.29) is 38.0 Å². The molecule has 10 heteroatoms. The number of hydrogen-bond donors (Lipinski definition) is 3. The van der Waals surface area contributed by atoms with Gasteiger partial charge in [-0.25, -0.2) is 9.59 Å². The lowest BCUT2D eigenvalue weighted by Crippen LogP contribution is -2.34. The lowest BCUT2D eigenvalue weighted by Gasteiger charge is -2.20. The number of aliphatic carboxylic acids is 1. The van der Waals surface area contributed by atoms with Gasteiger partial charge in [-0.15, -0.1) is 0 Å². The molecule has 0 saturated carbocycles. The molecular weight excluding hydrogens is 540 g/mol. The Balaban J connectivity index is 0. The van der Waals surface area contributed by atoms with E-state index < -0.39 is 29.4 Å². The van der Waals surface area contributed by atoms with E-state index in [2.05, 4.69) is 24.5 Å². The predicted octanol–water partition coefficient (Wildman–Crippen LogP) is 7.91.